The van der Waals surface area contributed by atoms with E-state index in [1.54, 1.807) is 23.3 Å². The number of nitrogens with zero attached hydrogens (tertiary/aromatic N) is 5. The highest BCUT2D eigenvalue weighted by Gasteiger charge is 2.16. The third-order valence-corrected chi connectivity index (χ3v) is 4.14. The molecule has 0 spiro atoms. The van der Waals surface area contributed by atoms with E-state index in [0.717, 1.165) is 18.4 Å². The highest BCUT2D eigenvalue weighted by atomic mass is 16.2. The molecule has 0 radical (unpaired) electrons. The Morgan fingerprint density at radius 1 is 1.07 bits per heavy atom. The van der Waals surface area contributed by atoms with Gasteiger partial charge < -0.3 is 4.90 Å². The molecule has 138 valence electrons. The van der Waals surface area contributed by atoms with Crippen LogP contribution < -0.4 is 0 Å². The Morgan fingerprint density at radius 2 is 1.85 bits per heavy atom. The maximum absolute atomic E-state index is 13.0. The zero-order valence-electron chi connectivity index (χ0n) is 15.4. The lowest BCUT2D eigenvalue weighted by molar-refractivity contribution is 0.0766. The Balaban J connectivity index is 1.75. The summed E-state index contributed by atoms with van der Waals surface area (Å²) in [5.74, 6) is 0.553. The molecule has 0 unspecified atom stereocenters. The van der Waals surface area contributed by atoms with Gasteiger partial charge in [0, 0.05) is 13.1 Å². The van der Waals surface area contributed by atoms with Crippen LogP contribution in [0.25, 0.3) is 11.9 Å². The first-order valence-corrected chi connectivity index (χ1v) is 9.11. The molecule has 6 heteroatoms. The molecular weight excluding hydrogens is 338 g/mol. The van der Waals surface area contributed by atoms with Gasteiger partial charge in [-0.3, -0.25) is 9.36 Å². The average molecular weight is 361 g/mol. The Labute approximate surface area is 159 Å². The van der Waals surface area contributed by atoms with E-state index in [-0.39, 0.29) is 5.91 Å². The average Bonchev–Trinajstić information content (AvgIpc) is 3.26. The monoisotopic (exact) mass is 361 g/mol. The third kappa shape index (κ3) is 5.10. The van der Waals surface area contributed by atoms with Crippen LogP contribution in [0.2, 0.25) is 0 Å². The summed E-state index contributed by atoms with van der Waals surface area (Å²) < 4.78 is 1.68. The van der Waals surface area contributed by atoms with Gasteiger partial charge in [0.2, 0.25) is 0 Å². The van der Waals surface area contributed by atoms with Gasteiger partial charge in [-0.15, -0.1) is 10.2 Å². The van der Waals surface area contributed by atoms with Crippen molar-refractivity contribution in [3.63, 3.8) is 0 Å². The molecule has 0 aliphatic carbocycles. The van der Waals surface area contributed by atoms with Crippen LogP contribution in [0.1, 0.15) is 35.8 Å². The lowest BCUT2D eigenvalue weighted by atomic mass is 10.2. The minimum atomic E-state index is -0.0731. The number of benzene rings is 1. The first-order chi connectivity index (χ1) is 13.3. The van der Waals surface area contributed by atoms with E-state index in [1.165, 1.54) is 0 Å². The molecule has 0 saturated heterocycles. The fraction of sp³-hybridized carbons (Fsp3) is 0.238. The molecule has 0 bridgehead atoms. The minimum Gasteiger partial charge on any atom is -0.334 e. The number of unbranched alkanes of at least 4 members (excludes halogenated alkanes) is 1. The van der Waals surface area contributed by atoms with Crippen molar-refractivity contribution in [1.29, 1.82) is 0 Å². The maximum Gasteiger partial charge on any atom is 0.272 e. The van der Waals surface area contributed by atoms with Crippen LogP contribution in [0.15, 0.2) is 67.3 Å². The number of hydrogen-bond donors (Lipinski definition) is 0. The van der Waals surface area contributed by atoms with Crippen LogP contribution in [0.4, 0.5) is 0 Å². The number of carbonyl (C=O) groups is 1. The van der Waals surface area contributed by atoms with Gasteiger partial charge in [0.1, 0.15) is 24.2 Å². The standard InChI is InChI=1S/C21H23N5O/c1-2-3-14-25(15-8-11-18-9-5-4-6-10-18)21(27)19-12-7-13-20(24-19)26-16-22-23-17-26/h4-13,16-17H,2-3,14-15H2,1H3/b11-8+. The van der Waals surface area contributed by atoms with Crippen molar-refractivity contribution in [2.75, 3.05) is 13.1 Å². The smallest absolute Gasteiger partial charge is 0.272 e. The van der Waals surface area contributed by atoms with E-state index < -0.39 is 0 Å². The van der Waals surface area contributed by atoms with Gasteiger partial charge >= 0.3 is 0 Å². The molecule has 27 heavy (non-hydrogen) atoms. The Hall–Kier alpha value is -3.28. The summed E-state index contributed by atoms with van der Waals surface area (Å²) in [6, 6.07) is 15.5. The van der Waals surface area contributed by atoms with Crippen molar-refractivity contribution < 1.29 is 4.79 Å². The van der Waals surface area contributed by atoms with Gasteiger partial charge in [0.15, 0.2) is 0 Å². The summed E-state index contributed by atoms with van der Waals surface area (Å²) in [5.41, 5.74) is 1.54. The summed E-state index contributed by atoms with van der Waals surface area (Å²) >= 11 is 0. The Morgan fingerprint density at radius 3 is 2.59 bits per heavy atom. The van der Waals surface area contributed by atoms with Crippen LogP contribution in [-0.2, 0) is 0 Å². The Kier molecular flexibility index (Phi) is 6.46. The lowest BCUT2D eigenvalue weighted by Gasteiger charge is -2.21. The van der Waals surface area contributed by atoms with Crippen LogP contribution >= 0.6 is 0 Å². The molecule has 0 atom stereocenters. The number of amides is 1. The van der Waals surface area contributed by atoms with E-state index in [9.17, 15) is 4.79 Å². The van der Waals surface area contributed by atoms with Crippen LogP contribution in [0.3, 0.4) is 0 Å². The number of aromatic nitrogens is 4. The van der Waals surface area contributed by atoms with Crippen molar-refractivity contribution in [2.24, 2.45) is 0 Å². The highest BCUT2D eigenvalue weighted by molar-refractivity contribution is 5.92. The summed E-state index contributed by atoms with van der Waals surface area (Å²) in [7, 11) is 0. The highest BCUT2D eigenvalue weighted by Crippen LogP contribution is 2.09. The fourth-order valence-corrected chi connectivity index (χ4v) is 2.67. The van der Waals surface area contributed by atoms with E-state index in [2.05, 4.69) is 22.1 Å². The van der Waals surface area contributed by atoms with Crippen LogP contribution in [0, 0.1) is 0 Å². The predicted molar refractivity (Wildman–Crippen MR) is 105 cm³/mol. The number of carbonyl (C=O) groups excluding carboxylic acids is 1. The topological polar surface area (TPSA) is 63.9 Å². The lowest BCUT2D eigenvalue weighted by Crippen LogP contribution is -2.33. The SMILES string of the molecule is CCCCN(C/C=C/c1ccccc1)C(=O)c1cccc(-n2cnnc2)n1. The third-order valence-electron chi connectivity index (χ3n) is 4.14. The minimum absolute atomic E-state index is 0.0731. The first-order valence-electron chi connectivity index (χ1n) is 9.11. The van der Waals surface area contributed by atoms with Gasteiger partial charge in [0.05, 0.1) is 0 Å². The van der Waals surface area contributed by atoms with Gasteiger partial charge in [-0.1, -0.05) is 61.9 Å². The quantitative estimate of drug-likeness (QED) is 0.615. The molecule has 0 saturated carbocycles. The predicted octanol–water partition coefficient (Wildman–Crippen LogP) is 3.62. The van der Waals surface area contributed by atoms with E-state index in [4.69, 9.17) is 0 Å². The molecule has 3 rings (SSSR count). The van der Waals surface area contributed by atoms with Crippen molar-refractivity contribution >= 4 is 12.0 Å². The van der Waals surface area contributed by atoms with Gasteiger partial charge in [0.25, 0.3) is 5.91 Å². The second-order valence-corrected chi connectivity index (χ2v) is 6.17. The number of pyridine rings is 1. The van der Waals surface area contributed by atoms with E-state index in [1.807, 2.05) is 59.5 Å². The Bertz CT molecular complexity index is 875. The van der Waals surface area contributed by atoms with E-state index in [0.29, 0.717) is 24.6 Å². The van der Waals surface area contributed by atoms with Crippen molar-refractivity contribution in [2.45, 2.75) is 19.8 Å². The molecule has 1 amide bonds. The second-order valence-electron chi connectivity index (χ2n) is 6.17. The zero-order chi connectivity index (χ0) is 18.9. The molecule has 0 aliphatic heterocycles. The van der Waals surface area contributed by atoms with Crippen LogP contribution in [-0.4, -0.2) is 43.6 Å². The largest absolute Gasteiger partial charge is 0.334 e. The zero-order valence-corrected chi connectivity index (χ0v) is 15.4. The summed E-state index contributed by atoms with van der Waals surface area (Å²) in [4.78, 5) is 19.3. The van der Waals surface area contributed by atoms with Gasteiger partial charge in [-0.2, -0.15) is 0 Å². The fourth-order valence-electron chi connectivity index (χ4n) is 2.67. The van der Waals surface area contributed by atoms with Crippen molar-refractivity contribution in [1.82, 2.24) is 24.6 Å². The van der Waals surface area contributed by atoms with Gasteiger partial charge in [-0.05, 0) is 24.1 Å². The summed E-state index contributed by atoms with van der Waals surface area (Å²) in [6.07, 6.45) is 9.16. The second kappa shape index (κ2) is 9.43. The number of rotatable bonds is 8. The molecule has 2 heterocycles. The summed E-state index contributed by atoms with van der Waals surface area (Å²) in [6.45, 7) is 3.37. The molecule has 1 aromatic carbocycles. The molecule has 3 aromatic rings. The van der Waals surface area contributed by atoms with Crippen molar-refractivity contribution in [3.05, 3.63) is 78.5 Å². The van der Waals surface area contributed by atoms with E-state index >= 15 is 0 Å². The molecule has 0 N–H and O–H groups in total. The first kappa shape index (κ1) is 18.5. The normalized spacial score (nSPS) is 11.0. The van der Waals surface area contributed by atoms with Crippen molar-refractivity contribution in [3.8, 4) is 5.82 Å². The van der Waals surface area contributed by atoms with Gasteiger partial charge in [-0.25, -0.2) is 4.98 Å². The molecule has 0 fully saturated rings. The van der Waals surface area contributed by atoms with Crippen LogP contribution in [0.5, 0.6) is 0 Å². The molecule has 0 aliphatic rings. The number of hydrogen-bond acceptors (Lipinski definition) is 4. The molecule has 6 nitrogen and oxygen atoms in total. The molecular formula is C21H23N5O. The maximum atomic E-state index is 13.0. The summed E-state index contributed by atoms with van der Waals surface area (Å²) in [5, 5.41) is 7.57. The molecule has 2 aromatic heterocycles.